The Morgan fingerprint density at radius 2 is 1.68 bits per heavy atom. The van der Waals surface area contributed by atoms with Crippen LogP contribution in [0.15, 0.2) is 59.1 Å². The molecule has 0 fully saturated rings. The van der Waals surface area contributed by atoms with Gasteiger partial charge in [0.15, 0.2) is 0 Å². The predicted octanol–water partition coefficient (Wildman–Crippen LogP) is 3.19. The molecule has 9 heteroatoms. The molecular weight excluding hydrogens is 467 g/mol. The summed E-state index contributed by atoms with van der Waals surface area (Å²) >= 11 is 3.28. The van der Waals surface area contributed by atoms with Crippen molar-refractivity contribution in [1.29, 1.82) is 0 Å². The van der Waals surface area contributed by atoms with Crippen LogP contribution in [-0.4, -0.2) is 28.8 Å². The average Bonchev–Trinajstić information content (AvgIpc) is 3.05. The summed E-state index contributed by atoms with van der Waals surface area (Å²) < 4.78 is 15.8. The molecule has 1 aromatic heterocycles. The molecule has 0 aliphatic heterocycles. The zero-order valence-electron chi connectivity index (χ0n) is 16.8. The van der Waals surface area contributed by atoms with E-state index in [1.165, 1.54) is 12.1 Å². The van der Waals surface area contributed by atoms with Crippen LogP contribution in [0.2, 0.25) is 0 Å². The number of aromatic nitrogens is 1. The lowest BCUT2D eigenvalue weighted by Gasteiger charge is -2.11. The molecule has 160 valence electrons. The first-order valence-corrected chi connectivity index (χ1v) is 10.1. The van der Waals surface area contributed by atoms with Crippen LogP contribution >= 0.6 is 15.9 Å². The molecule has 0 radical (unpaired) electrons. The highest BCUT2D eigenvalue weighted by Gasteiger charge is 2.17. The quantitative estimate of drug-likeness (QED) is 0.483. The Balaban J connectivity index is 1.58. The minimum atomic E-state index is -0.580. The van der Waals surface area contributed by atoms with Gasteiger partial charge in [0.1, 0.15) is 5.82 Å². The summed E-state index contributed by atoms with van der Waals surface area (Å²) in [7, 11) is 0. The van der Waals surface area contributed by atoms with Crippen LogP contribution < -0.4 is 16.2 Å². The van der Waals surface area contributed by atoms with E-state index in [-0.39, 0.29) is 12.4 Å². The number of carbonyl (C=O) groups excluding carboxylic acids is 3. The molecule has 0 spiro atoms. The molecule has 0 aliphatic carbocycles. The van der Waals surface area contributed by atoms with Crippen molar-refractivity contribution < 1.29 is 18.8 Å². The summed E-state index contributed by atoms with van der Waals surface area (Å²) in [4.78, 5) is 36.6. The maximum Gasteiger partial charge on any atom is 0.271 e. The fourth-order valence-corrected chi connectivity index (χ4v) is 3.51. The van der Waals surface area contributed by atoms with Gasteiger partial charge in [-0.2, -0.15) is 0 Å². The van der Waals surface area contributed by atoms with E-state index in [4.69, 9.17) is 0 Å². The van der Waals surface area contributed by atoms with Gasteiger partial charge in [-0.15, -0.1) is 0 Å². The van der Waals surface area contributed by atoms with E-state index in [0.717, 1.165) is 15.9 Å². The van der Waals surface area contributed by atoms with Crippen molar-refractivity contribution >= 4 is 33.7 Å². The number of halogens is 2. The Kier molecular flexibility index (Phi) is 6.86. The van der Waals surface area contributed by atoms with Crippen molar-refractivity contribution in [2.24, 2.45) is 0 Å². The number of hydrogen-bond acceptors (Lipinski definition) is 3. The molecule has 2 aromatic carbocycles. The van der Waals surface area contributed by atoms with Crippen molar-refractivity contribution in [3.05, 3.63) is 87.4 Å². The van der Waals surface area contributed by atoms with Gasteiger partial charge in [-0.05, 0) is 62.4 Å². The lowest BCUT2D eigenvalue weighted by molar-refractivity contribution is -0.120. The van der Waals surface area contributed by atoms with Gasteiger partial charge in [0.2, 0.25) is 0 Å². The second-order valence-corrected chi connectivity index (χ2v) is 7.71. The van der Waals surface area contributed by atoms with Gasteiger partial charge in [0.25, 0.3) is 17.7 Å². The summed E-state index contributed by atoms with van der Waals surface area (Å²) in [5.41, 5.74) is 7.52. The predicted molar refractivity (Wildman–Crippen MR) is 117 cm³/mol. The van der Waals surface area contributed by atoms with E-state index in [1.807, 2.05) is 11.5 Å². The van der Waals surface area contributed by atoms with Gasteiger partial charge in [0.05, 0.1) is 12.1 Å². The number of hydrazine groups is 1. The zero-order chi connectivity index (χ0) is 22.5. The fourth-order valence-electron chi connectivity index (χ4n) is 3.11. The topological polar surface area (TPSA) is 92.2 Å². The van der Waals surface area contributed by atoms with Gasteiger partial charge in [-0.1, -0.05) is 22.0 Å². The first kappa shape index (κ1) is 22.2. The molecule has 1 heterocycles. The standard InChI is InChI=1S/C22H20BrFN4O3/c1-13-10-19(14(2)28(13)18-8-6-17(24)7-9-18)22(31)27-26-20(29)12-25-21(30)15-4-3-5-16(23)11-15/h3-11H,12H2,1-2H3,(H,25,30)(H,26,29)(H,27,31). The molecule has 3 rings (SSSR count). The molecule has 3 amide bonds. The zero-order valence-corrected chi connectivity index (χ0v) is 18.4. The third kappa shape index (κ3) is 5.37. The Hall–Kier alpha value is -3.46. The maximum absolute atomic E-state index is 13.2. The largest absolute Gasteiger partial charge is 0.343 e. The number of benzene rings is 2. The highest BCUT2D eigenvalue weighted by atomic mass is 79.9. The van der Waals surface area contributed by atoms with Crippen molar-refractivity contribution in [2.75, 3.05) is 6.54 Å². The van der Waals surface area contributed by atoms with Crippen molar-refractivity contribution in [3.63, 3.8) is 0 Å². The Morgan fingerprint density at radius 3 is 2.35 bits per heavy atom. The first-order chi connectivity index (χ1) is 14.8. The maximum atomic E-state index is 13.2. The van der Waals surface area contributed by atoms with Gasteiger partial charge in [-0.3, -0.25) is 25.2 Å². The van der Waals surface area contributed by atoms with Crippen molar-refractivity contribution in [1.82, 2.24) is 20.7 Å². The van der Waals surface area contributed by atoms with E-state index in [9.17, 15) is 18.8 Å². The number of rotatable bonds is 5. The molecule has 0 unspecified atom stereocenters. The van der Waals surface area contributed by atoms with Crippen LogP contribution in [-0.2, 0) is 4.79 Å². The number of nitrogens with one attached hydrogen (secondary N) is 3. The number of amides is 3. The second-order valence-electron chi connectivity index (χ2n) is 6.79. The average molecular weight is 487 g/mol. The van der Waals surface area contributed by atoms with Crippen molar-refractivity contribution in [3.8, 4) is 5.69 Å². The summed E-state index contributed by atoms with van der Waals surface area (Å²) in [5.74, 6) is -1.85. The normalized spacial score (nSPS) is 10.5. The van der Waals surface area contributed by atoms with E-state index < -0.39 is 17.7 Å². The van der Waals surface area contributed by atoms with Crippen LogP contribution in [0.3, 0.4) is 0 Å². The van der Waals surface area contributed by atoms with Gasteiger partial charge in [0, 0.05) is 27.1 Å². The molecule has 0 saturated carbocycles. The number of hydrogen-bond donors (Lipinski definition) is 3. The lowest BCUT2D eigenvalue weighted by atomic mass is 10.2. The van der Waals surface area contributed by atoms with Crippen LogP contribution in [0.5, 0.6) is 0 Å². The van der Waals surface area contributed by atoms with Gasteiger partial charge >= 0.3 is 0 Å². The molecule has 7 nitrogen and oxygen atoms in total. The van der Waals surface area contributed by atoms with E-state index in [0.29, 0.717) is 16.8 Å². The van der Waals surface area contributed by atoms with E-state index in [1.54, 1.807) is 49.4 Å². The van der Waals surface area contributed by atoms with Crippen LogP contribution in [0.25, 0.3) is 5.69 Å². The molecule has 0 saturated heterocycles. The van der Waals surface area contributed by atoms with Gasteiger partial charge < -0.3 is 9.88 Å². The number of nitrogens with zero attached hydrogens (tertiary/aromatic N) is 1. The Labute approximate surface area is 186 Å². The monoisotopic (exact) mass is 486 g/mol. The third-order valence-electron chi connectivity index (χ3n) is 4.57. The summed E-state index contributed by atoms with van der Waals surface area (Å²) in [6, 6.07) is 14.3. The summed E-state index contributed by atoms with van der Waals surface area (Å²) in [6.45, 7) is 3.27. The second kappa shape index (κ2) is 9.57. The highest BCUT2D eigenvalue weighted by molar-refractivity contribution is 9.10. The van der Waals surface area contributed by atoms with Crippen LogP contribution in [0.1, 0.15) is 32.1 Å². The molecule has 0 bridgehead atoms. The molecule has 0 aliphatic rings. The molecular formula is C22H20BrFN4O3. The lowest BCUT2D eigenvalue weighted by Crippen LogP contribution is -2.46. The number of carbonyl (C=O) groups is 3. The van der Waals surface area contributed by atoms with Gasteiger partial charge in [-0.25, -0.2) is 4.39 Å². The van der Waals surface area contributed by atoms with E-state index >= 15 is 0 Å². The molecule has 3 aromatic rings. The fraction of sp³-hybridized carbons (Fsp3) is 0.136. The summed E-state index contributed by atoms with van der Waals surface area (Å²) in [6.07, 6.45) is 0. The van der Waals surface area contributed by atoms with E-state index in [2.05, 4.69) is 32.1 Å². The minimum absolute atomic E-state index is 0.305. The SMILES string of the molecule is Cc1cc(C(=O)NNC(=O)CNC(=O)c2cccc(Br)c2)c(C)n1-c1ccc(F)cc1. The Morgan fingerprint density at radius 1 is 0.968 bits per heavy atom. The molecule has 3 N–H and O–H groups in total. The molecule has 31 heavy (non-hydrogen) atoms. The van der Waals surface area contributed by atoms with Crippen LogP contribution in [0, 0.1) is 19.7 Å². The highest BCUT2D eigenvalue weighted by Crippen LogP contribution is 2.21. The number of aryl methyl sites for hydroxylation is 1. The smallest absolute Gasteiger partial charge is 0.271 e. The first-order valence-electron chi connectivity index (χ1n) is 9.34. The van der Waals surface area contributed by atoms with Crippen molar-refractivity contribution in [2.45, 2.75) is 13.8 Å². The molecule has 0 atom stereocenters. The van der Waals surface area contributed by atoms with Crippen LogP contribution in [0.4, 0.5) is 4.39 Å². The summed E-state index contributed by atoms with van der Waals surface area (Å²) in [5, 5.41) is 2.48. The Bertz CT molecular complexity index is 1140. The third-order valence-corrected chi connectivity index (χ3v) is 5.07. The minimum Gasteiger partial charge on any atom is -0.343 e.